The first kappa shape index (κ1) is 11.2. The van der Waals surface area contributed by atoms with E-state index in [-0.39, 0.29) is 0 Å². The molecule has 12 heavy (non-hydrogen) atoms. The number of allylic oxidation sites excluding steroid dienone is 6. The summed E-state index contributed by atoms with van der Waals surface area (Å²) in [7, 11) is 0. The van der Waals surface area contributed by atoms with Crippen molar-refractivity contribution < 1.29 is 0 Å². The summed E-state index contributed by atoms with van der Waals surface area (Å²) in [6, 6.07) is 0. The van der Waals surface area contributed by atoms with Gasteiger partial charge in [0.15, 0.2) is 0 Å². The number of hydrogen-bond acceptors (Lipinski definition) is 0. The molecule has 0 heteroatoms. The van der Waals surface area contributed by atoms with Crippen LogP contribution in [0.25, 0.3) is 0 Å². The fourth-order valence-corrected chi connectivity index (χ4v) is 0.954. The summed E-state index contributed by atoms with van der Waals surface area (Å²) < 4.78 is 0. The van der Waals surface area contributed by atoms with Gasteiger partial charge in [0.25, 0.3) is 0 Å². The molecule has 0 saturated heterocycles. The molecule has 0 aromatic carbocycles. The monoisotopic (exact) mass is 164 g/mol. The summed E-state index contributed by atoms with van der Waals surface area (Å²) in [5, 5.41) is 0. The molecular weight excluding hydrogens is 144 g/mol. The Morgan fingerprint density at radius 1 is 0.583 bits per heavy atom. The largest absolute Gasteiger partial charge is 0.0917 e. The average molecular weight is 164 g/mol. The van der Waals surface area contributed by atoms with Gasteiger partial charge in [-0.05, 0) is 39.5 Å². The summed E-state index contributed by atoms with van der Waals surface area (Å²) in [5.41, 5.74) is 0. The topological polar surface area (TPSA) is 0 Å². The Hall–Kier alpha value is -0.780. The summed E-state index contributed by atoms with van der Waals surface area (Å²) in [5.74, 6) is 0. The number of hydrogen-bond donors (Lipinski definition) is 0. The summed E-state index contributed by atoms with van der Waals surface area (Å²) in [4.78, 5) is 0. The van der Waals surface area contributed by atoms with Crippen molar-refractivity contribution in [2.45, 2.75) is 39.5 Å². The van der Waals surface area contributed by atoms with E-state index in [4.69, 9.17) is 0 Å². The van der Waals surface area contributed by atoms with E-state index in [0.29, 0.717) is 0 Å². The van der Waals surface area contributed by atoms with Gasteiger partial charge >= 0.3 is 0 Å². The molecule has 0 fully saturated rings. The predicted octanol–water partition coefficient (Wildman–Crippen LogP) is 4.26. The maximum Gasteiger partial charge on any atom is -0.0316 e. The summed E-state index contributed by atoms with van der Waals surface area (Å²) in [6.45, 7) is 4.13. The van der Waals surface area contributed by atoms with Gasteiger partial charge in [-0.1, -0.05) is 36.5 Å². The van der Waals surface area contributed by atoms with E-state index in [1.54, 1.807) is 0 Å². The Labute approximate surface area is 76.7 Å². The lowest BCUT2D eigenvalue weighted by molar-refractivity contribution is 1.00. The Morgan fingerprint density at radius 2 is 0.917 bits per heavy atom. The molecule has 0 atom stereocenters. The second-order valence-electron chi connectivity index (χ2n) is 2.76. The minimum atomic E-state index is 1.18. The molecule has 0 spiro atoms. The Kier molecular flexibility index (Phi) is 9.56. The van der Waals surface area contributed by atoms with Crippen LogP contribution in [0.4, 0.5) is 0 Å². The normalized spacial score (nSPS) is 12.5. The van der Waals surface area contributed by atoms with E-state index in [9.17, 15) is 0 Å². The van der Waals surface area contributed by atoms with Crippen molar-refractivity contribution in [3.8, 4) is 0 Å². The summed E-state index contributed by atoms with van der Waals surface area (Å²) >= 11 is 0. The highest BCUT2D eigenvalue weighted by molar-refractivity contribution is 4.88. The van der Waals surface area contributed by atoms with Crippen LogP contribution in [0.2, 0.25) is 0 Å². The minimum Gasteiger partial charge on any atom is -0.0917 e. The van der Waals surface area contributed by atoms with E-state index in [0.717, 1.165) is 0 Å². The van der Waals surface area contributed by atoms with Crippen LogP contribution in [0.3, 0.4) is 0 Å². The van der Waals surface area contributed by atoms with Gasteiger partial charge in [0, 0.05) is 0 Å². The molecule has 0 aliphatic carbocycles. The highest BCUT2D eigenvalue weighted by Gasteiger charge is 1.76. The summed E-state index contributed by atoms with van der Waals surface area (Å²) in [6.07, 6.45) is 17.9. The zero-order chi connectivity index (χ0) is 9.07. The van der Waals surface area contributed by atoms with E-state index >= 15 is 0 Å². The highest BCUT2D eigenvalue weighted by atomic mass is 13.8. The van der Waals surface area contributed by atoms with Crippen LogP contribution in [-0.2, 0) is 0 Å². The van der Waals surface area contributed by atoms with Gasteiger partial charge in [-0.25, -0.2) is 0 Å². The van der Waals surface area contributed by atoms with Crippen LogP contribution in [-0.4, -0.2) is 0 Å². The van der Waals surface area contributed by atoms with Crippen LogP contribution in [0.1, 0.15) is 39.5 Å². The van der Waals surface area contributed by atoms with Crippen LogP contribution in [0.5, 0.6) is 0 Å². The standard InChI is InChI=1S/C12H20/c1-3-5-7-9-11-12-10-8-6-4-2/h3-6,11-12H,7-10H2,1-2H3/b5-3-,6-4-,12-11-. The smallest absolute Gasteiger partial charge is 0.0316 e. The first-order chi connectivity index (χ1) is 5.91. The van der Waals surface area contributed by atoms with Crippen LogP contribution in [0.15, 0.2) is 36.5 Å². The van der Waals surface area contributed by atoms with E-state index < -0.39 is 0 Å². The molecular formula is C12H20. The number of unbranched alkanes of at least 4 members (excludes halogenated alkanes) is 2. The molecule has 0 unspecified atom stereocenters. The molecule has 0 radical (unpaired) electrons. The van der Waals surface area contributed by atoms with Crippen molar-refractivity contribution in [2.24, 2.45) is 0 Å². The van der Waals surface area contributed by atoms with Crippen molar-refractivity contribution in [1.82, 2.24) is 0 Å². The SMILES string of the molecule is C/C=C\CC/C=C\CC/C=C\C. The molecule has 0 N–H and O–H groups in total. The zero-order valence-electron chi connectivity index (χ0n) is 8.29. The number of rotatable bonds is 6. The van der Waals surface area contributed by atoms with Crippen LogP contribution < -0.4 is 0 Å². The molecule has 0 aliphatic heterocycles. The quantitative estimate of drug-likeness (QED) is 0.406. The maximum atomic E-state index is 2.27. The Bertz CT molecular complexity index is 131. The second kappa shape index (κ2) is 10.2. The van der Waals surface area contributed by atoms with Crippen molar-refractivity contribution in [1.29, 1.82) is 0 Å². The molecule has 0 bridgehead atoms. The predicted molar refractivity (Wildman–Crippen MR) is 57.2 cm³/mol. The zero-order valence-corrected chi connectivity index (χ0v) is 8.29. The molecule has 0 aliphatic rings. The fourth-order valence-electron chi connectivity index (χ4n) is 0.954. The van der Waals surface area contributed by atoms with Gasteiger partial charge in [0.05, 0.1) is 0 Å². The van der Waals surface area contributed by atoms with Crippen molar-refractivity contribution in [2.75, 3.05) is 0 Å². The minimum absolute atomic E-state index is 1.18. The lowest BCUT2D eigenvalue weighted by Gasteiger charge is -1.87. The van der Waals surface area contributed by atoms with Gasteiger partial charge in [-0.15, -0.1) is 0 Å². The molecule has 0 aromatic rings. The van der Waals surface area contributed by atoms with E-state index in [2.05, 4.69) is 50.3 Å². The molecule has 0 saturated carbocycles. The third-order valence-corrected chi connectivity index (χ3v) is 1.64. The van der Waals surface area contributed by atoms with E-state index in [1.165, 1.54) is 25.7 Å². The molecule has 68 valence electrons. The first-order valence-electron chi connectivity index (χ1n) is 4.79. The van der Waals surface area contributed by atoms with Crippen molar-refractivity contribution in [3.05, 3.63) is 36.5 Å². The molecule has 0 amide bonds. The van der Waals surface area contributed by atoms with E-state index in [1.807, 2.05) is 0 Å². The average Bonchev–Trinajstić information content (AvgIpc) is 2.10. The van der Waals surface area contributed by atoms with Gasteiger partial charge < -0.3 is 0 Å². The Morgan fingerprint density at radius 3 is 1.25 bits per heavy atom. The lowest BCUT2D eigenvalue weighted by atomic mass is 10.2. The fraction of sp³-hybridized carbons (Fsp3) is 0.500. The third-order valence-electron chi connectivity index (χ3n) is 1.64. The maximum absolute atomic E-state index is 2.27. The van der Waals surface area contributed by atoms with Gasteiger partial charge in [-0.2, -0.15) is 0 Å². The molecule has 0 rings (SSSR count). The van der Waals surface area contributed by atoms with Gasteiger partial charge in [-0.3, -0.25) is 0 Å². The third kappa shape index (κ3) is 9.22. The molecule has 0 aromatic heterocycles. The second-order valence-corrected chi connectivity index (χ2v) is 2.76. The van der Waals surface area contributed by atoms with Crippen LogP contribution >= 0.6 is 0 Å². The first-order valence-corrected chi connectivity index (χ1v) is 4.79. The molecule has 0 nitrogen and oxygen atoms in total. The highest BCUT2D eigenvalue weighted by Crippen LogP contribution is 1.97. The Balaban J connectivity index is 3.14. The lowest BCUT2D eigenvalue weighted by Crippen LogP contribution is -1.66. The molecule has 0 heterocycles. The van der Waals surface area contributed by atoms with Crippen LogP contribution in [0, 0.1) is 0 Å². The van der Waals surface area contributed by atoms with Gasteiger partial charge in [0.1, 0.15) is 0 Å². The van der Waals surface area contributed by atoms with Crippen molar-refractivity contribution in [3.63, 3.8) is 0 Å². The van der Waals surface area contributed by atoms with Crippen molar-refractivity contribution >= 4 is 0 Å². The van der Waals surface area contributed by atoms with Gasteiger partial charge in [0.2, 0.25) is 0 Å².